The van der Waals surface area contributed by atoms with E-state index in [4.69, 9.17) is 0 Å². The van der Waals surface area contributed by atoms with Crippen LogP contribution in [0.15, 0.2) is 67.0 Å². The molecule has 2 N–H and O–H groups in total. The topological polar surface area (TPSA) is 84.2 Å². The van der Waals surface area contributed by atoms with E-state index in [9.17, 15) is 4.79 Å². The normalized spacial score (nSPS) is 11.4. The van der Waals surface area contributed by atoms with Gasteiger partial charge in [-0.3, -0.25) is 4.79 Å². The first kappa shape index (κ1) is 18.6. The van der Waals surface area contributed by atoms with Crippen molar-refractivity contribution in [3.63, 3.8) is 0 Å². The zero-order chi connectivity index (χ0) is 20.4. The van der Waals surface area contributed by atoms with Gasteiger partial charge in [0.1, 0.15) is 17.5 Å². The molecule has 3 heterocycles. The smallest absolute Gasteiger partial charge is 0.256 e. The lowest BCUT2D eigenvalue weighted by atomic mass is 9.87. The summed E-state index contributed by atoms with van der Waals surface area (Å²) in [5, 5.41) is 10.4. The number of pyridine rings is 1. The average molecular weight is 386 g/mol. The summed E-state index contributed by atoms with van der Waals surface area (Å²) in [4.78, 5) is 21.5. The quantitative estimate of drug-likeness (QED) is 0.542. The van der Waals surface area contributed by atoms with Crippen molar-refractivity contribution >= 4 is 29.0 Å². The molecule has 7 heteroatoms. The minimum absolute atomic E-state index is 0.0373. The minimum atomic E-state index is -0.217. The first-order valence-electron chi connectivity index (χ1n) is 9.35. The van der Waals surface area contributed by atoms with Crippen LogP contribution in [0.2, 0.25) is 0 Å². The first-order valence-corrected chi connectivity index (χ1v) is 9.35. The highest BCUT2D eigenvalue weighted by atomic mass is 16.1. The highest BCUT2D eigenvalue weighted by molar-refractivity contribution is 6.04. The maximum atomic E-state index is 12.7. The number of benzene rings is 1. The predicted octanol–water partition coefficient (Wildman–Crippen LogP) is 4.42. The molecule has 3 aromatic heterocycles. The van der Waals surface area contributed by atoms with Crippen molar-refractivity contribution < 1.29 is 4.79 Å². The Hall–Kier alpha value is -3.74. The molecule has 29 heavy (non-hydrogen) atoms. The molecule has 0 unspecified atom stereocenters. The average Bonchev–Trinajstić information content (AvgIpc) is 3.17. The van der Waals surface area contributed by atoms with Crippen molar-refractivity contribution in [1.29, 1.82) is 0 Å². The SMILES string of the molecule is CC(C)(C)c1ccc(C(=O)Nc2cc(Nc3ccccn3)n3nccc3n2)cc1. The lowest BCUT2D eigenvalue weighted by Crippen LogP contribution is -2.15. The van der Waals surface area contributed by atoms with Crippen LogP contribution in [0.1, 0.15) is 36.7 Å². The van der Waals surface area contributed by atoms with Crippen LogP contribution in [0.4, 0.5) is 17.5 Å². The molecule has 0 aliphatic heterocycles. The summed E-state index contributed by atoms with van der Waals surface area (Å²) in [7, 11) is 0. The molecule has 0 fully saturated rings. The van der Waals surface area contributed by atoms with Crippen molar-refractivity contribution in [1.82, 2.24) is 19.6 Å². The summed E-state index contributed by atoms with van der Waals surface area (Å²) in [5.41, 5.74) is 2.40. The fourth-order valence-electron chi connectivity index (χ4n) is 2.94. The largest absolute Gasteiger partial charge is 0.325 e. The van der Waals surface area contributed by atoms with E-state index in [-0.39, 0.29) is 11.3 Å². The van der Waals surface area contributed by atoms with Crippen molar-refractivity contribution in [2.45, 2.75) is 26.2 Å². The van der Waals surface area contributed by atoms with E-state index in [0.717, 1.165) is 0 Å². The monoisotopic (exact) mass is 386 g/mol. The Balaban J connectivity index is 1.60. The van der Waals surface area contributed by atoms with Gasteiger partial charge in [-0.05, 0) is 35.2 Å². The van der Waals surface area contributed by atoms with Gasteiger partial charge in [-0.2, -0.15) is 9.61 Å². The van der Waals surface area contributed by atoms with Crippen molar-refractivity contribution in [3.05, 3.63) is 78.1 Å². The molecule has 146 valence electrons. The molecule has 0 saturated carbocycles. The molecule has 0 aliphatic rings. The molecule has 0 radical (unpaired) electrons. The maximum absolute atomic E-state index is 12.7. The van der Waals surface area contributed by atoms with Gasteiger partial charge in [0.2, 0.25) is 0 Å². The Morgan fingerprint density at radius 3 is 2.45 bits per heavy atom. The predicted molar refractivity (Wildman–Crippen MR) is 114 cm³/mol. The van der Waals surface area contributed by atoms with Gasteiger partial charge in [0.05, 0.1) is 6.20 Å². The van der Waals surface area contributed by atoms with E-state index in [2.05, 4.69) is 46.5 Å². The molecule has 0 aliphatic carbocycles. The van der Waals surface area contributed by atoms with E-state index in [1.54, 1.807) is 29.0 Å². The van der Waals surface area contributed by atoms with Gasteiger partial charge >= 0.3 is 0 Å². The number of rotatable bonds is 4. The van der Waals surface area contributed by atoms with Crippen molar-refractivity contribution in [2.75, 3.05) is 10.6 Å². The fraction of sp³-hybridized carbons (Fsp3) is 0.182. The van der Waals surface area contributed by atoms with Crippen LogP contribution in [-0.2, 0) is 5.41 Å². The fourth-order valence-corrected chi connectivity index (χ4v) is 2.94. The Labute approximate surface area is 168 Å². The zero-order valence-electron chi connectivity index (χ0n) is 16.5. The summed E-state index contributed by atoms with van der Waals surface area (Å²) in [5.74, 6) is 1.54. The maximum Gasteiger partial charge on any atom is 0.256 e. The second kappa shape index (κ2) is 7.35. The van der Waals surface area contributed by atoms with Crippen LogP contribution in [0.25, 0.3) is 5.65 Å². The summed E-state index contributed by atoms with van der Waals surface area (Å²) in [6, 6.07) is 16.7. The molecule has 4 aromatic rings. The van der Waals surface area contributed by atoms with Crippen LogP contribution >= 0.6 is 0 Å². The Morgan fingerprint density at radius 1 is 0.966 bits per heavy atom. The molecular weight excluding hydrogens is 364 g/mol. The van der Waals surface area contributed by atoms with Crippen LogP contribution in [-0.4, -0.2) is 25.5 Å². The summed E-state index contributed by atoms with van der Waals surface area (Å²) in [6.45, 7) is 6.43. The van der Waals surface area contributed by atoms with Crippen molar-refractivity contribution in [2.24, 2.45) is 0 Å². The van der Waals surface area contributed by atoms with Gasteiger partial charge in [0, 0.05) is 23.9 Å². The van der Waals surface area contributed by atoms with E-state index < -0.39 is 0 Å². The number of anilines is 3. The highest BCUT2D eigenvalue weighted by Crippen LogP contribution is 2.23. The number of hydrogen-bond donors (Lipinski definition) is 2. The first-order chi connectivity index (χ1) is 13.9. The molecule has 4 rings (SSSR count). The summed E-state index contributed by atoms with van der Waals surface area (Å²) in [6.07, 6.45) is 3.36. The lowest BCUT2D eigenvalue weighted by molar-refractivity contribution is 0.102. The molecule has 0 atom stereocenters. The van der Waals surface area contributed by atoms with Gasteiger partial charge in [0.25, 0.3) is 5.91 Å². The number of aromatic nitrogens is 4. The second-order valence-electron chi connectivity index (χ2n) is 7.75. The number of fused-ring (bicyclic) bond motifs is 1. The molecule has 0 bridgehead atoms. The number of carbonyl (C=O) groups excluding carboxylic acids is 1. The standard InChI is InChI=1S/C22H22N6O/c1-22(2,3)16-9-7-15(8-10-16)21(29)27-18-14-20(25-17-6-4-5-12-23-17)28-19(26-18)11-13-24-28/h4-14H,1-3H3,(H,23,25)(H,26,27,29). The lowest BCUT2D eigenvalue weighted by Gasteiger charge is -2.19. The molecular formula is C22H22N6O. The Morgan fingerprint density at radius 2 is 1.76 bits per heavy atom. The van der Waals surface area contributed by atoms with Gasteiger partial charge in [-0.25, -0.2) is 9.97 Å². The summed E-state index contributed by atoms with van der Waals surface area (Å²) >= 11 is 0. The van der Waals surface area contributed by atoms with Crippen LogP contribution < -0.4 is 10.6 Å². The number of amides is 1. The van der Waals surface area contributed by atoms with E-state index >= 15 is 0 Å². The third-order valence-corrected chi connectivity index (χ3v) is 4.54. The summed E-state index contributed by atoms with van der Waals surface area (Å²) < 4.78 is 1.66. The number of nitrogens with zero attached hydrogens (tertiary/aromatic N) is 4. The van der Waals surface area contributed by atoms with Crippen LogP contribution in [0, 0.1) is 0 Å². The molecule has 0 saturated heterocycles. The number of nitrogens with one attached hydrogen (secondary N) is 2. The molecule has 0 spiro atoms. The highest BCUT2D eigenvalue weighted by Gasteiger charge is 2.15. The Kier molecular flexibility index (Phi) is 4.72. The van der Waals surface area contributed by atoms with Gasteiger partial charge in [-0.15, -0.1) is 0 Å². The van der Waals surface area contributed by atoms with Crippen molar-refractivity contribution in [3.8, 4) is 0 Å². The van der Waals surface area contributed by atoms with Gasteiger partial charge < -0.3 is 10.6 Å². The molecule has 1 amide bonds. The third kappa shape index (κ3) is 4.08. The van der Waals surface area contributed by atoms with E-state index in [1.165, 1.54) is 5.56 Å². The third-order valence-electron chi connectivity index (χ3n) is 4.54. The van der Waals surface area contributed by atoms with E-state index in [1.807, 2.05) is 42.5 Å². The Bertz CT molecular complexity index is 1140. The second-order valence-corrected chi connectivity index (χ2v) is 7.75. The van der Waals surface area contributed by atoms with Crippen LogP contribution in [0.5, 0.6) is 0 Å². The van der Waals surface area contributed by atoms with Gasteiger partial charge in [-0.1, -0.05) is 39.0 Å². The van der Waals surface area contributed by atoms with Gasteiger partial charge in [0.15, 0.2) is 5.65 Å². The van der Waals surface area contributed by atoms with Crippen LogP contribution in [0.3, 0.4) is 0 Å². The zero-order valence-corrected chi connectivity index (χ0v) is 16.5. The number of carbonyl (C=O) groups is 1. The van der Waals surface area contributed by atoms with E-state index in [0.29, 0.717) is 28.7 Å². The molecule has 7 nitrogen and oxygen atoms in total. The minimum Gasteiger partial charge on any atom is -0.325 e. The molecule has 1 aromatic carbocycles. The number of hydrogen-bond acceptors (Lipinski definition) is 5.